The number of carboxylic acids is 1. The number of nitrogens with two attached hydrogens (primary N) is 1. The van der Waals surface area contributed by atoms with E-state index in [2.05, 4.69) is 5.32 Å². The van der Waals surface area contributed by atoms with Gasteiger partial charge in [0.15, 0.2) is 0 Å². The van der Waals surface area contributed by atoms with Gasteiger partial charge in [0.2, 0.25) is 5.91 Å². The van der Waals surface area contributed by atoms with Crippen molar-refractivity contribution in [1.29, 1.82) is 0 Å². The smallest absolute Gasteiger partial charge is 0.311 e. The van der Waals surface area contributed by atoms with Crippen molar-refractivity contribution in [3.63, 3.8) is 0 Å². The third-order valence-corrected chi connectivity index (χ3v) is 3.35. The van der Waals surface area contributed by atoms with E-state index < -0.39 is 17.4 Å². The lowest BCUT2D eigenvalue weighted by Crippen LogP contribution is -2.39. The second-order valence-electron chi connectivity index (χ2n) is 4.69. The molecule has 5 nitrogen and oxygen atoms in total. The molecule has 96 valence electrons. The van der Waals surface area contributed by atoms with Gasteiger partial charge in [-0.25, -0.2) is 0 Å². The van der Waals surface area contributed by atoms with Crippen LogP contribution in [0.15, 0.2) is 30.3 Å². The van der Waals surface area contributed by atoms with E-state index in [0.717, 1.165) is 5.56 Å². The van der Waals surface area contributed by atoms with Crippen LogP contribution in [0.3, 0.4) is 0 Å². The molecule has 1 fully saturated rings. The van der Waals surface area contributed by atoms with Crippen molar-refractivity contribution in [2.24, 2.45) is 11.1 Å². The first-order chi connectivity index (χ1) is 8.55. The molecule has 1 aromatic carbocycles. The Kier molecular flexibility index (Phi) is 3.34. The van der Waals surface area contributed by atoms with Gasteiger partial charge in [-0.2, -0.15) is 0 Å². The van der Waals surface area contributed by atoms with E-state index in [1.807, 2.05) is 18.2 Å². The number of rotatable bonds is 5. The van der Waals surface area contributed by atoms with Crippen LogP contribution in [0.4, 0.5) is 0 Å². The highest BCUT2D eigenvalue weighted by Crippen LogP contribution is 2.45. The second-order valence-corrected chi connectivity index (χ2v) is 4.69. The van der Waals surface area contributed by atoms with Crippen molar-refractivity contribution in [2.45, 2.75) is 18.9 Å². The summed E-state index contributed by atoms with van der Waals surface area (Å²) >= 11 is 0. The fourth-order valence-electron chi connectivity index (χ4n) is 1.80. The predicted molar refractivity (Wildman–Crippen MR) is 65.7 cm³/mol. The zero-order valence-electron chi connectivity index (χ0n) is 9.93. The largest absolute Gasteiger partial charge is 0.481 e. The number of carbonyl (C=O) groups is 2. The molecule has 0 heterocycles. The number of nitrogens with one attached hydrogen (secondary N) is 1. The molecular weight excluding hydrogens is 232 g/mol. The average Bonchev–Trinajstić information content (AvgIpc) is 3.17. The van der Waals surface area contributed by atoms with E-state index in [1.165, 1.54) is 0 Å². The van der Waals surface area contributed by atoms with Crippen LogP contribution < -0.4 is 11.1 Å². The minimum Gasteiger partial charge on any atom is -0.481 e. The summed E-state index contributed by atoms with van der Waals surface area (Å²) in [5.41, 5.74) is 5.76. The van der Waals surface area contributed by atoms with Crippen molar-refractivity contribution in [3.05, 3.63) is 35.9 Å². The minimum atomic E-state index is -0.851. The summed E-state index contributed by atoms with van der Waals surface area (Å²) in [7, 11) is 0. The molecule has 0 saturated heterocycles. The van der Waals surface area contributed by atoms with Crippen LogP contribution in [0.5, 0.6) is 0 Å². The molecule has 0 unspecified atom stereocenters. The van der Waals surface area contributed by atoms with E-state index in [9.17, 15) is 9.59 Å². The molecule has 0 aliphatic heterocycles. The molecule has 1 atom stereocenters. The number of amides is 1. The fraction of sp³-hybridized carbons (Fsp3) is 0.385. The Hall–Kier alpha value is -1.88. The third-order valence-electron chi connectivity index (χ3n) is 3.35. The normalized spacial score (nSPS) is 17.8. The second kappa shape index (κ2) is 4.78. The molecule has 2 rings (SSSR count). The van der Waals surface area contributed by atoms with Crippen molar-refractivity contribution in [3.8, 4) is 0 Å². The predicted octanol–water partition coefficient (Wildman–Crippen LogP) is 0.667. The maximum Gasteiger partial charge on any atom is 0.311 e. The molecule has 1 aliphatic carbocycles. The summed E-state index contributed by atoms with van der Waals surface area (Å²) in [5, 5.41) is 11.6. The van der Waals surface area contributed by atoms with Crippen LogP contribution in [-0.2, 0) is 9.59 Å². The first-order valence-corrected chi connectivity index (χ1v) is 5.87. The van der Waals surface area contributed by atoms with Gasteiger partial charge in [-0.05, 0) is 18.4 Å². The zero-order chi connectivity index (χ0) is 13.2. The van der Waals surface area contributed by atoms with Crippen LogP contribution in [0.2, 0.25) is 0 Å². The molecule has 1 aromatic rings. The van der Waals surface area contributed by atoms with Gasteiger partial charge in [-0.1, -0.05) is 30.3 Å². The third kappa shape index (κ3) is 2.51. The Morgan fingerprint density at radius 3 is 2.44 bits per heavy atom. The Balaban J connectivity index is 1.91. The monoisotopic (exact) mass is 248 g/mol. The van der Waals surface area contributed by atoms with Crippen molar-refractivity contribution < 1.29 is 14.7 Å². The number of hydrogen-bond donors (Lipinski definition) is 3. The summed E-state index contributed by atoms with van der Waals surface area (Å²) in [6, 6.07) is 8.25. The number of aliphatic carboxylic acids is 1. The van der Waals surface area contributed by atoms with E-state index >= 15 is 0 Å². The molecule has 5 heteroatoms. The quantitative estimate of drug-likeness (QED) is 0.714. The van der Waals surface area contributed by atoms with Gasteiger partial charge in [-0.3, -0.25) is 9.59 Å². The highest BCUT2D eigenvalue weighted by atomic mass is 16.4. The van der Waals surface area contributed by atoms with Gasteiger partial charge in [-0.15, -0.1) is 0 Å². The summed E-state index contributed by atoms with van der Waals surface area (Å²) in [4.78, 5) is 22.8. The molecule has 0 spiro atoms. The van der Waals surface area contributed by atoms with E-state index in [4.69, 9.17) is 10.8 Å². The standard InChI is InChI=1S/C13H16N2O3/c14-10(9-4-2-1-3-5-9)11(16)15-8-13(6-7-13)12(17)18/h1-5,10H,6-8,14H2,(H,15,16)(H,17,18)/t10-/m0/s1. The summed E-state index contributed by atoms with van der Waals surface area (Å²) < 4.78 is 0. The van der Waals surface area contributed by atoms with Gasteiger partial charge in [0, 0.05) is 6.54 Å². The number of carbonyl (C=O) groups excluding carboxylic acids is 1. The molecule has 4 N–H and O–H groups in total. The lowest BCUT2D eigenvalue weighted by Gasteiger charge is -2.15. The number of benzene rings is 1. The Bertz CT molecular complexity index is 455. The topological polar surface area (TPSA) is 92.4 Å². The molecule has 0 radical (unpaired) electrons. The first kappa shape index (κ1) is 12.6. The van der Waals surface area contributed by atoms with Crippen LogP contribution in [-0.4, -0.2) is 23.5 Å². The maximum atomic E-state index is 11.8. The summed E-state index contributed by atoms with van der Waals surface area (Å²) in [6.45, 7) is 0.154. The summed E-state index contributed by atoms with van der Waals surface area (Å²) in [6.07, 6.45) is 1.23. The lowest BCUT2D eigenvalue weighted by molar-refractivity contribution is -0.143. The number of carboxylic acid groups (broad SMARTS) is 1. The van der Waals surface area contributed by atoms with E-state index in [0.29, 0.717) is 12.8 Å². The highest BCUT2D eigenvalue weighted by molar-refractivity contribution is 5.84. The maximum absolute atomic E-state index is 11.8. The van der Waals surface area contributed by atoms with Crippen LogP contribution in [0, 0.1) is 5.41 Å². The Morgan fingerprint density at radius 1 is 1.33 bits per heavy atom. The minimum absolute atomic E-state index is 0.154. The molecule has 0 bridgehead atoms. The Labute approximate surface area is 105 Å². The van der Waals surface area contributed by atoms with Crippen LogP contribution >= 0.6 is 0 Å². The SMILES string of the molecule is N[C@H](C(=O)NCC1(C(=O)O)CC1)c1ccccc1. The zero-order valence-corrected chi connectivity index (χ0v) is 9.93. The van der Waals surface area contributed by atoms with Crippen molar-refractivity contribution in [1.82, 2.24) is 5.32 Å². The van der Waals surface area contributed by atoms with Gasteiger partial charge in [0.05, 0.1) is 5.41 Å². The van der Waals surface area contributed by atoms with Gasteiger partial charge in [0.1, 0.15) is 6.04 Å². The van der Waals surface area contributed by atoms with E-state index in [1.54, 1.807) is 12.1 Å². The highest BCUT2D eigenvalue weighted by Gasteiger charge is 2.50. The van der Waals surface area contributed by atoms with Crippen LogP contribution in [0.25, 0.3) is 0 Å². The lowest BCUT2D eigenvalue weighted by atomic mass is 10.1. The molecule has 1 amide bonds. The Morgan fingerprint density at radius 2 is 1.94 bits per heavy atom. The van der Waals surface area contributed by atoms with Crippen LogP contribution in [0.1, 0.15) is 24.4 Å². The molecule has 1 aliphatic rings. The molecular formula is C13H16N2O3. The number of hydrogen-bond acceptors (Lipinski definition) is 3. The summed E-state index contributed by atoms with van der Waals surface area (Å²) in [5.74, 6) is -1.19. The van der Waals surface area contributed by atoms with E-state index in [-0.39, 0.29) is 12.5 Å². The first-order valence-electron chi connectivity index (χ1n) is 5.87. The van der Waals surface area contributed by atoms with Gasteiger partial charge < -0.3 is 16.2 Å². The van der Waals surface area contributed by atoms with Crippen molar-refractivity contribution >= 4 is 11.9 Å². The van der Waals surface area contributed by atoms with Gasteiger partial charge in [0.25, 0.3) is 0 Å². The fourth-order valence-corrected chi connectivity index (χ4v) is 1.80. The molecule has 0 aromatic heterocycles. The average molecular weight is 248 g/mol. The van der Waals surface area contributed by atoms with Gasteiger partial charge >= 0.3 is 5.97 Å². The molecule has 18 heavy (non-hydrogen) atoms. The van der Waals surface area contributed by atoms with Crippen molar-refractivity contribution in [2.75, 3.05) is 6.54 Å². The molecule has 1 saturated carbocycles.